The normalized spacial score (nSPS) is 17.6. The fourth-order valence-corrected chi connectivity index (χ4v) is 5.34. The molecule has 1 fully saturated rings. The zero-order chi connectivity index (χ0) is 23.3. The number of sulfonamides is 1. The average Bonchev–Trinajstić information content (AvgIpc) is 3.04. The molecule has 32 heavy (non-hydrogen) atoms. The van der Waals surface area contributed by atoms with Crippen molar-refractivity contribution in [3.8, 4) is 0 Å². The largest absolute Gasteiger partial charge is 0.326 e. The number of thioether (sulfide) groups is 1. The van der Waals surface area contributed by atoms with Crippen molar-refractivity contribution >= 4 is 44.5 Å². The van der Waals surface area contributed by atoms with Gasteiger partial charge in [0.1, 0.15) is 11.1 Å². The number of hydrogen-bond acceptors (Lipinski definition) is 5. The van der Waals surface area contributed by atoms with Crippen molar-refractivity contribution in [2.24, 2.45) is 4.40 Å². The van der Waals surface area contributed by atoms with Crippen LogP contribution in [0.2, 0.25) is 0 Å². The smallest absolute Gasteiger partial charge is 0.284 e. The number of nitrogens with zero attached hydrogens (tertiary/aromatic N) is 2. The molecule has 7 nitrogen and oxygen atoms in total. The molecule has 1 N–H and O–H groups in total. The van der Waals surface area contributed by atoms with Gasteiger partial charge >= 0.3 is 0 Å². The van der Waals surface area contributed by atoms with Crippen LogP contribution in [0.4, 0.5) is 10.1 Å². The van der Waals surface area contributed by atoms with E-state index < -0.39 is 32.9 Å². The van der Waals surface area contributed by atoms with Gasteiger partial charge in [0.05, 0.1) is 4.90 Å². The maximum Gasteiger partial charge on any atom is 0.284 e. The number of amides is 2. The molecule has 1 unspecified atom stereocenters. The number of carbonyl (C=O) groups excluding carboxylic acids is 2. The molecule has 1 heterocycles. The van der Waals surface area contributed by atoms with Gasteiger partial charge in [-0.15, -0.1) is 11.0 Å². The van der Waals surface area contributed by atoms with Crippen LogP contribution in [0.5, 0.6) is 0 Å². The lowest BCUT2D eigenvalue weighted by molar-refractivity contribution is -0.127. The van der Waals surface area contributed by atoms with Crippen LogP contribution in [0.25, 0.3) is 0 Å². The van der Waals surface area contributed by atoms with Crippen molar-refractivity contribution in [1.29, 1.82) is 0 Å². The Labute approximate surface area is 190 Å². The molecule has 1 atom stereocenters. The minimum absolute atomic E-state index is 0.00551. The van der Waals surface area contributed by atoms with Gasteiger partial charge in [0.25, 0.3) is 10.0 Å². The molecule has 1 aliphatic heterocycles. The van der Waals surface area contributed by atoms with Crippen molar-refractivity contribution < 1.29 is 22.4 Å². The van der Waals surface area contributed by atoms with Crippen LogP contribution in [0.3, 0.4) is 0 Å². The molecule has 0 aromatic heterocycles. The third kappa shape index (κ3) is 5.63. The third-order valence-electron chi connectivity index (χ3n) is 4.66. The highest BCUT2D eigenvalue weighted by Gasteiger charge is 2.39. The van der Waals surface area contributed by atoms with E-state index >= 15 is 0 Å². The lowest BCUT2D eigenvalue weighted by Gasteiger charge is -2.13. The molecule has 2 amide bonds. The van der Waals surface area contributed by atoms with Crippen LogP contribution < -0.4 is 5.32 Å². The molecule has 1 saturated heterocycles. The van der Waals surface area contributed by atoms with Gasteiger partial charge in [-0.2, -0.15) is 8.42 Å². The number of nitrogens with one attached hydrogen (secondary N) is 1. The van der Waals surface area contributed by atoms with Crippen LogP contribution in [0.1, 0.15) is 18.9 Å². The van der Waals surface area contributed by atoms with Crippen molar-refractivity contribution in [1.82, 2.24) is 4.90 Å². The molecule has 3 rings (SSSR count). The SMILES string of the molecule is C=CCN1C(=O)C(CC(=O)Nc2ccc(F)cc2)S/C1=N/S(=O)(=O)c1ccc(CC)cc1. The lowest BCUT2D eigenvalue weighted by atomic mass is 10.2. The van der Waals surface area contributed by atoms with Gasteiger partial charge in [0, 0.05) is 18.7 Å². The summed E-state index contributed by atoms with van der Waals surface area (Å²) in [5, 5.41) is 1.75. The fraction of sp³-hybridized carbons (Fsp3) is 0.227. The number of hydrogen-bond donors (Lipinski definition) is 1. The summed E-state index contributed by atoms with van der Waals surface area (Å²) in [6, 6.07) is 11.6. The molecule has 2 aromatic rings. The van der Waals surface area contributed by atoms with E-state index in [1.165, 1.54) is 47.4 Å². The Bertz CT molecular complexity index is 1150. The van der Waals surface area contributed by atoms with Crippen LogP contribution in [-0.2, 0) is 26.0 Å². The van der Waals surface area contributed by atoms with Crippen molar-refractivity contribution in [2.75, 3.05) is 11.9 Å². The maximum absolute atomic E-state index is 13.0. The van der Waals surface area contributed by atoms with Gasteiger partial charge in [0.15, 0.2) is 5.17 Å². The van der Waals surface area contributed by atoms with Gasteiger partial charge in [-0.25, -0.2) is 4.39 Å². The number of benzene rings is 2. The Hall–Kier alpha value is -2.98. The summed E-state index contributed by atoms with van der Waals surface area (Å²) in [6.45, 7) is 5.62. The van der Waals surface area contributed by atoms with Gasteiger partial charge in [-0.1, -0.05) is 36.9 Å². The highest BCUT2D eigenvalue weighted by atomic mass is 32.2. The van der Waals surface area contributed by atoms with Gasteiger partial charge in [-0.3, -0.25) is 14.5 Å². The quantitative estimate of drug-likeness (QED) is 0.589. The first-order valence-electron chi connectivity index (χ1n) is 9.81. The van der Waals surface area contributed by atoms with Crippen LogP contribution >= 0.6 is 11.8 Å². The molecule has 2 aromatic carbocycles. The lowest BCUT2D eigenvalue weighted by Crippen LogP contribution is -2.33. The first-order valence-corrected chi connectivity index (χ1v) is 12.1. The summed E-state index contributed by atoms with van der Waals surface area (Å²) in [6.07, 6.45) is 2.03. The molecule has 0 bridgehead atoms. The highest BCUT2D eigenvalue weighted by molar-refractivity contribution is 8.16. The van der Waals surface area contributed by atoms with Gasteiger partial charge < -0.3 is 5.32 Å². The molecule has 10 heteroatoms. The Kier molecular flexibility index (Phi) is 7.47. The summed E-state index contributed by atoms with van der Waals surface area (Å²) in [5.41, 5.74) is 1.38. The molecular formula is C22H22FN3O4S2. The summed E-state index contributed by atoms with van der Waals surface area (Å²) >= 11 is 0.916. The van der Waals surface area contributed by atoms with E-state index in [2.05, 4.69) is 16.3 Å². The van der Waals surface area contributed by atoms with Crippen molar-refractivity contribution in [2.45, 2.75) is 29.9 Å². The van der Waals surface area contributed by atoms with Crippen LogP contribution in [-0.4, -0.2) is 42.1 Å². The van der Waals surface area contributed by atoms with E-state index in [1.54, 1.807) is 12.1 Å². The predicted octanol–water partition coefficient (Wildman–Crippen LogP) is 3.59. The molecule has 168 valence electrons. The van der Waals surface area contributed by atoms with Crippen LogP contribution in [0.15, 0.2) is 70.5 Å². The number of rotatable bonds is 8. The number of carbonyl (C=O) groups is 2. The van der Waals surface area contributed by atoms with E-state index in [1.807, 2.05) is 6.92 Å². The van der Waals surface area contributed by atoms with E-state index in [9.17, 15) is 22.4 Å². The van der Waals surface area contributed by atoms with E-state index in [0.29, 0.717) is 5.69 Å². The number of anilines is 1. The highest BCUT2D eigenvalue weighted by Crippen LogP contribution is 2.31. The molecular weight excluding hydrogens is 453 g/mol. The molecule has 1 aliphatic rings. The zero-order valence-electron chi connectivity index (χ0n) is 17.3. The second-order valence-corrected chi connectivity index (χ2v) is 9.72. The van der Waals surface area contributed by atoms with Crippen molar-refractivity contribution in [3.63, 3.8) is 0 Å². The van der Waals surface area contributed by atoms with E-state index in [4.69, 9.17) is 0 Å². The second-order valence-electron chi connectivity index (χ2n) is 6.95. The third-order valence-corrected chi connectivity index (χ3v) is 7.23. The summed E-state index contributed by atoms with van der Waals surface area (Å²) in [7, 11) is -4.04. The molecule has 0 radical (unpaired) electrons. The first-order chi connectivity index (χ1) is 15.2. The molecule has 0 aliphatic carbocycles. The summed E-state index contributed by atoms with van der Waals surface area (Å²) < 4.78 is 42.4. The topological polar surface area (TPSA) is 95.9 Å². The van der Waals surface area contributed by atoms with Gasteiger partial charge in [0.2, 0.25) is 11.8 Å². The molecule has 0 saturated carbocycles. The summed E-state index contributed by atoms with van der Waals surface area (Å²) in [4.78, 5) is 26.4. The second kappa shape index (κ2) is 10.1. The minimum Gasteiger partial charge on any atom is -0.326 e. The maximum atomic E-state index is 13.0. The molecule has 0 spiro atoms. The zero-order valence-corrected chi connectivity index (χ0v) is 19.0. The Balaban J connectivity index is 1.78. The minimum atomic E-state index is -4.04. The fourth-order valence-electron chi connectivity index (χ4n) is 2.97. The van der Waals surface area contributed by atoms with E-state index in [-0.39, 0.29) is 23.0 Å². The first kappa shape index (κ1) is 23.7. The van der Waals surface area contributed by atoms with Crippen LogP contribution in [0, 0.1) is 5.82 Å². The predicted molar refractivity (Wildman–Crippen MR) is 123 cm³/mol. The standard InChI is InChI=1S/C22H22FN3O4S2/c1-3-13-26-21(28)19(14-20(27)24-17-9-7-16(23)8-10-17)31-22(26)25-32(29,30)18-11-5-15(4-2)6-12-18/h3,5-12,19H,1,4,13-14H2,2H3,(H,24,27)/b25-22+. The Morgan fingerprint density at radius 3 is 2.47 bits per heavy atom. The van der Waals surface area contributed by atoms with Gasteiger partial charge in [-0.05, 0) is 48.4 Å². The average molecular weight is 476 g/mol. The number of aryl methyl sites for hydroxylation is 1. The van der Waals surface area contributed by atoms with E-state index in [0.717, 1.165) is 23.7 Å². The monoisotopic (exact) mass is 475 g/mol. The Morgan fingerprint density at radius 1 is 1.22 bits per heavy atom. The number of halogens is 1. The number of amidine groups is 1. The van der Waals surface area contributed by atoms with Crippen molar-refractivity contribution in [3.05, 3.63) is 72.6 Å². The Morgan fingerprint density at radius 2 is 1.88 bits per heavy atom. The summed E-state index contributed by atoms with van der Waals surface area (Å²) in [5.74, 6) is -1.32.